The Morgan fingerprint density at radius 3 is 2.35 bits per heavy atom. The summed E-state index contributed by atoms with van der Waals surface area (Å²) in [5.41, 5.74) is 11.3. The second-order valence-corrected chi connectivity index (χ2v) is 6.64. The number of hydrogen-bond donors (Lipinski definition) is 1. The van der Waals surface area contributed by atoms with Crippen LogP contribution in [-0.2, 0) is 23.1 Å². The summed E-state index contributed by atoms with van der Waals surface area (Å²) < 4.78 is 12.5. The van der Waals surface area contributed by atoms with Gasteiger partial charge >= 0.3 is 0 Å². The van der Waals surface area contributed by atoms with Crippen LogP contribution in [0.1, 0.15) is 27.8 Å². The molecule has 106 valence electrons. The van der Waals surface area contributed by atoms with Crippen LogP contribution in [0.5, 0.6) is 0 Å². The molecule has 3 heteroatoms. The molecule has 0 spiro atoms. The summed E-state index contributed by atoms with van der Waals surface area (Å²) in [5.74, 6) is 0.556. The summed E-state index contributed by atoms with van der Waals surface area (Å²) in [5, 5.41) is 0. The van der Waals surface area contributed by atoms with E-state index in [2.05, 4.69) is 19.1 Å². The molecule has 0 saturated heterocycles. The molecule has 20 heavy (non-hydrogen) atoms. The molecular weight excluding hydrogens is 266 g/mol. The Morgan fingerprint density at radius 1 is 1.00 bits per heavy atom. The van der Waals surface area contributed by atoms with E-state index in [1.165, 1.54) is 5.56 Å². The third kappa shape index (κ3) is 3.35. The predicted molar refractivity (Wildman–Crippen MR) is 85.1 cm³/mol. The van der Waals surface area contributed by atoms with Gasteiger partial charge in [-0.25, -0.2) is 0 Å². The number of aryl methyl sites for hydroxylation is 3. The van der Waals surface area contributed by atoms with Crippen LogP contribution in [0.4, 0.5) is 0 Å². The monoisotopic (exact) mass is 287 g/mol. The van der Waals surface area contributed by atoms with Gasteiger partial charge < -0.3 is 5.73 Å². The molecule has 0 heterocycles. The van der Waals surface area contributed by atoms with Crippen LogP contribution in [0, 0.1) is 20.8 Å². The minimum Gasteiger partial charge on any atom is -0.326 e. The average molecular weight is 287 g/mol. The van der Waals surface area contributed by atoms with Crippen molar-refractivity contribution >= 4 is 10.8 Å². The second kappa shape index (κ2) is 6.33. The summed E-state index contributed by atoms with van der Waals surface area (Å²) in [7, 11) is -1.00. The van der Waals surface area contributed by atoms with E-state index in [-0.39, 0.29) is 0 Å². The summed E-state index contributed by atoms with van der Waals surface area (Å²) in [6.45, 7) is 6.66. The van der Waals surface area contributed by atoms with Crippen molar-refractivity contribution < 1.29 is 4.21 Å². The fraction of sp³-hybridized carbons (Fsp3) is 0.294. The molecule has 1 unspecified atom stereocenters. The number of hydrogen-bond acceptors (Lipinski definition) is 2. The standard InChI is InChI=1S/C17H21NOS/c1-12-4-7-17(14(3)8-12)20(19)11-16-6-5-15(10-18)9-13(16)2/h4-9H,10-11,18H2,1-3H3. The third-order valence-corrected chi connectivity index (χ3v) is 5.03. The summed E-state index contributed by atoms with van der Waals surface area (Å²) in [6, 6.07) is 12.2. The molecule has 2 N–H and O–H groups in total. The highest BCUT2D eigenvalue weighted by Crippen LogP contribution is 2.20. The molecule has 0 saturated carbocycles. The van der Waals surface area contributed by atoms with E-state index in [1.807, 2.05) is 38.1 Å². The zero-order chi connectivity index (χ0) is 14.7. The van der Waals surface area contributed by atoms with Gasteiger partial charge in [0.05, 0.1) is 16.6 Å². The van der Waals surface area contributed by atoms with E-state index in [4.69, 9.17) is 5.73 Å². The van der Waals surface area contributed by atoms with Gasteiger partial charge in [-0.1, -0.05) is 35.9 Å². The normalized spacial score (nSPS) is 12.4. The van der Waals surface area contributed by atoms with Crippen LogP contribution in [-0.4, -0.2) is 4.21 Å². The summed E-state index contributed by atoms with van der Waals surface area (Å²) in [6.07, 6.45) is 0. The summed E-state index contributed by atoms with van der Waals surface area (Å²) in [4.78, 5) is 0.929. The number of nitrogens with two attached hydrogens (primary N) is 1. The van der Waals surface area contributed by atoms with Crippen molar-refractivity contribution in [1.82, 2.24) is 0 Å². The first-order valence-electron chi connectivity index (χ1n) is 6.75. The maximum atomic E-state index is 12.5. The number of benzene rings is 2. The molecule has 0 amide bonds. The number of rotatable bonds is 4. The Kier molecular flexibility index (Phi) is 4.73. The van der Waals surface area contributed by atoms with Gasteiger partial charge in [0.15, 0.2) is 0 Å². The molecule has 1 atom stereocenters. The fourth-order valence-corrected chi connectivity index (χ4v) is 3.72. The highest BCUT2D eigenvalue weighted by atomic mass is 32.2. The molecule has 0 bridgehead atoms. The zero-order valence-electron chi connectivity index (χ0n) is 12.3. The highest BCUT2D eigenvalue weighted by molar-refractivity contribution is 7.84. The Balaban J connectivity index is 2.23. The minimum absolute atomic E-state index is 0.543. The van der Waals surface area contributed by atoms with Crippen LogP contribution in [0.15, 0.2) is 41.3 Å². The first-order valence-corrected chi connectivity index (χ1v) is 8.07. The molecule has 2 rings (SSSR count). The molecule has 2 nitrogen and oxygen atoms in total. The second-order valence-electron chi connectivity index (χ2n) is 5.22. The maximum absolute atomic E-state index is 12.5. The fourth-order valence-electron chi connectivity index (χ4n) is 2.32. The molecule has 0 aliphatic rings. The van der Waals surface area contributed by atoms with Crippen molar-refractivity contribution in [2.45, 2.75) is 38.0 Å². The smallest absolute Gasteiger partial charge is 0.0576 e. The lowest BCUT2D eigenvalue weighted by Gasteiger charge is -2.10. The van der Waals surface area contributed by atoms with Gasteiger partial charge in [0.25, 0.3) is 0 Å². The molecule has 2 aromatic carbocycles. The lowest BCUT2D eigenvalue weighted by Crippen LogP contribution is -2.02. The molecule has 0 aromatic heterocycles. The average Bonchev–Trinajstić information content (AvgIpc) is 2.40. The molecule has 2 aromatic rings. The van der Waals surface area contributed by atoms with Crippen molar-refractivity contribution in [3.8, 4) is 0 Å². The summed E-state index contributed by atoms with van der Waals surface area (Å²) >= 11 is 0. The van der Waals surface area contributed by atoms with Gasteiger partial charge in [0, 0.05) is 11.4 Å². The first-order chi connectivity index (χ1) is 9.51. The van der Waals surface area contributed by atoms with Crippen LogP contribution in [0.2, 0.25) is 0 Å². The van der Waals surface area contributed by atoms with Gasteiger partial charge in [-0.05, 0) is 49.1 Å². The van der Waals surface area contributed by atoms with E-state index in [0.717, 1.165) is 27.1 Å². The van der Waals surface area contributed by atoms with Crippen molar-refractivity contribution in [2.75, 3.05) is 0 Å². The predicted octanol–water partition coefficient (Wildman–Crippen LogP) is 3.38. The van der Waals surface area contributed by atoms with Gasteiger partial charge in [0.2, 0.25) is 0 Å². The topological polar surface area (TPSA) is 43.1 Å². The van der Waals surface area contributed by atoms with E-state index in [1.54, 1.807) is 0 Å². The first kappa shape index (κ1) is 14.9. The van der Waals surface area contributed by atoms with Crippen molar-refractivity contribution in [3.05, 3.63) is 64.2 Å². The van der Waals surface area contributed by atoms with Crippen molar-refractivity contribution in [2.24, 2.45) is 5.73 Å². The van der Waals surface area contributed by atoms with Crippen LogP contribution in [0.3, 0.4) is 0 Å². The van der Waals surface area contributed by atoms with Crippen LogP contribution < -0.4 is 5.73 Å². The molecule has 0 aliphatic heterocycles. The van der Waals surface area contributed by atoms with E-state index >= 15 is 0 Å². The van der Waals surface area contributed by atoms with Crippen molar-refractivity contribution in [1.29, 1.82) is 0 Å². The lowest BCUT2D eigenvalue weighted by atomic mass is 10.1. The lowest BCUT2D eigenvalue weighted by molar-refractivity contribution is 0.682. The minimum atomic E-state index is -1.00. The van der Waals surface area contributed by atoms with Gasteiger partial charge in [-0.3, -0.25) is 4.21 Å². The Morgan fingerprint density at radius 2 is 1.75 bits per heavy atom. The molecule has 0 radical (unpaired) electrons. The van der Waals surface area contributed by atoms with Crippen LogP contribution >= 0.6 is 0 Å². The van der Waals surface area contributed by atoms with Gasteiger partial charge in [0.1, 0.15) is 0 Å². The highest BCUT2D eigenvalue weighted by Gasteiger charge is 2.10. The Bertz CT molecular complexity index is 649. The van der Waals surface area contributed by atoms with Gasteiger partial charge in [-0.15, -0.1) is 0 Å². The quantitative estimate of drug-likeness (QED) is 0.937. The molecule has 0 aliphatic carbocycles. The Labute approximate surface area is 123 Å². The largest absolute Gasteiger partial charge is 0.326 e. The maximum Gasteiger partial charge on any atom is 0.0576 e. The Hall–Kier alpha value is -1.45. The van der Waals surface area contributed by atoms with E-state index in [9.17, 15) is 4.21 Å². The van der Waals surface area contributed by atoms with E-state index < -0.39 is 10.8 Å². The molecular formula is C17H21NOS. The van der Waals surface area contributed by atoms with Gasteiger partial charge in [-0.2, -0.15) is 0 Å². The van der Waals surface area contributed by atoms with Crippen molar-refractivity contribution in [3.63, 3.8) is 0 Å². The van der Waals surface area contributed by atoms with E-state index in [0.29, 0.717) is 12.3 Å². The zero-order valence-corrected chi connectivity index (χ0v) is 13.1. The van der Waals surface area contributed by atoms with Crippen LogP contribution in [0.25, 0.3) is 0 Å². The SMILES string of the molecule is Cc1ccc(S(=O)Cc2ccc(CN)cc2C)c(C)c1. The molecule has 0 fully saturated rings. The third-order valence-electron chi connectivity index (χ3n) is 3.51.